The smallest absolute Gasteiger partial charge is 0.332 e. The highest BCUT2D eigenvalue weighted by Crippen LogP contribution is 2.29. The third kappa shape index (κ3) is 3.12. The second-order valence-corrected chi connectivity index (χ2v) is 4.49. The molecule has 1 aliphatic rings. The Morgan fingerprint density at radius 1 is 1.22 bits per heavy atom. The van der Waals surface area contributed by atoms with E-state index in [1.807, 2.05) is 5.32 Å². The zero-order valence-corrected chi connectivity index (χ0v) is 9.69. The fourth-order valence-corrected chi connectivity index (χ4v) is 2.00. The highest BCUT2D eigenvalue weighted by molar-refractivity contribution is 5.84. The first-order valence-corrected chi connectivity index (χ1v) is 5.74. The Bertz CT molecular complexity index is 343. The Morgan fingerprint density at radius 2 is 1.72 bits per heavy atom. The summed E-state index contributed by atoms with van der Waals surface area (Å²) in [5, 5.41) is 10.8. The van der Waals surface area contributed by atoms with Gasteiger partial charge in [-0.1, -0.05) is 25.7 Å². The second-order valence-electron chi connectivity index (χ2n) is 4.49. The van der Waals surface area contributed by atoms with Crippen molar-refractivity contribution >= 4 is 5.91 Å². The summed E-state index contributed by atoms with van der Waals surface area (Å²) in [5.41, 5.74) is -1.44. The van der Waals surface area contributed by atoms with Gasteiger partial charge in [0.25, 0.3) is 5.91 Å². The van der Waals surface area contributed by atoms with Crippen molar-refractivity contribution in [3.8, 4) is 6.07 Å². The lowest BCUT2D eigenvalue weighted by molar-refractivity contribution is -0.171. The molecule has 1 N–H and O–H groups in total. The molecule has 0 saturated heterocycles. The van der Waals surface area contributed by atoms with Gasteiger partial charge in [-0.25, -0.2) is 8.78 Å². The van der Waals surface area contributed by atoms with Crippen molar-refractivity contribution in [3.63, 3.8) is 0 Å². The quantitative estimate of drug-likeness (QED) is 0.630. The first-order chi connectivity index (χ1) is 8.34. The van der Waals surface area contributed by atoms with Gasteiger partial charge >= 0.3 is 12.3 Å². The van der Waals surface area contributed by atoms with E-state index >= 15 is 0 Å². The monoisotopic (exact) mass is 266 g/mol. The van der Waals surface area contributed by atoms with Crippen molar-refractivity contribution < 1.29 is 22.4 Å². The zero-order chi connectivity index (χ0) is 13.8. The van der Waals surface area contributed by atoms with E-state index in [1.165, 1.54) is 0 Å². The summed E-state index contributed by atoms with van der Waals surface area (Å²) < 4.78 is 49.7. The molecule has 0 bridgehead atoms. The molecule has 0 spiro atoms. The van der Waals surface area contributed by atoms with Crippen LogP contribution >= 0.6 is 0 Å². The van der Waals surface area contributed by atoms with Crippen molar-refractivity contribution in [3.05, 3.63) is 0 Å². The first kappa shape index (κ1) is 14.7. The molecule has 0 aliphatic heterocycles. The third-order valence-electron chi connectivity index (χ3n) is 3.10. The van der Waals surface area contributed by atoms with Crippen LogP contribution in [0.25, 0.3) is 0 Å². The van der Waals surface area contributed by atoms with E-state index in [4.69, 9.17) is 5.26 Å². The number of carbonyl (C=O) groups is 1. The number of amides is 1. The molecule has 1 amide bonds. The Kier molecular flexibility index (Phi) is 4.54. The molecule has 1 fully saturated rings. The normalized spacial score (nSPS) is 20.0. The van der Waals surface area contributed by atoms with Crippen molar-refractivity contribution in [2.45, 2.75) is 56.4 Å². The summed E-state index contributed by atoms with van der Waals surface area (Å²) in [6.07, 6.45) is -0.751. The Hall–Kier alpha value is -1.32. The molecule has 0 radical (unpaired) electrons. The van der Waals surface area contributed by atoms with Crippen molar-refractivity contribution in [1.29, 1.82) is 5.26 Å². The predicted octanol–water partition coefficient (Wildman–Crippen LogP) is 2.62. The van der Waals surface area contributed by atoms with Crippen molar-refractivity contribution in [2.24, 2.45) is 0 Å². The van der Waals surface area contributed by atoms with Crippen LogP contribution in [0.15, 0.2) is 0 Å². The number of nitriles is 1. The lowest BCUT2D eigenvalue weighted by atomic mass is 9.91. The van der Waals surface area contributed by atoms with Gasteiger partial charge in [0, 0.05) is 0 Å². The highest BCUT2D eigenvalue weighted by atomic mass is 19.3. The molecule has 102 valence electrons. The average molecular weight is 266 g/mol. The van der Waals surface area contributed by atoms with Crippen LogP contribution in [0.5, 0.6) is 0 Å². The number of halogens is 4. The van der Waals surface area contributed by atoms with Gasteiger partial charge in [0.1, 0.15) is 5.54 Å². The van der Waals surface area contributed by atoms with Gasteiger partial charge < -0.3 is 5.32 Å². The molecule has 1 rings (SSSR count). The number of nitrogens with one attached hydrogen (secondary N) is 1. The summed E-state index contributed by atoms with van der Waals surface area (Å²) in [6, 6.07) is 1.79. The maximum atomic E-state index is 12.8. The van der Waals surface area contributed by atoms with Gasteiger partial charge in [-0.15, -0.1) is 0 Å². The molecular formula is C11H14F4N2O. The average Bonchev–Trinajstić information content (AvgIpc) is 2.55. The molecule has 0 unspecified atom stereocenters. The summed E-state index contributed by atoms with van der Waals surface area (Å²) in [5.74, 6) is -6.82. The summed E-state index contributed by atoms with van der Waals surface area (Å²) in [6.45, 7) is 0. The van der Waals surface area contributed by atoms with Crippen LogP contribution in [0.2, 0.25) is 0 Å². The molecule has 0 aromatic heterocycles. The van der Waals surface area contributed by atoms with Crippen LogP contribution in [0.1, 0.15) is 38.5 Å². The molecule has 1 saturated carbocycles. The fraction of sp³-hybridized carbons (Fsp3) is 0.818. The van der Waals surface area contributed by atoms with E-state index in [1.54, 1.807) is 6.07 Å². The number of hydrogen-bond acceptors (Lipinski definition) is 2. The van der Waals surface area contributed by atoms with Crippen LogP contribution in [0.3, 0.4) is 0 Å². The summed E-state index contributed by atoms with van der Waals surface area (Å²) in [7, 11) is 0. The molecule has 0 aromatic carbocycles. The van der Waals surface area contributed by atoms with Crippen molar-refractivity contribution in [2.75, 3.05) is 0 Å². The molecule has 3 nitrogen and oxygen atoms in total. The molecule has 0 heterocycles. The van der Waals surface area contributed by atoms with Crippen LogP contribution < -0.4 is 5.32 Å². The number of alkyl halides is 4. The maximum Gasteiger partial charge on any atom is 0.383 e. The standard InChI is InChI=1S/C11H14F4N2O/c12-8(13)11(14,15)9(18)17-10(7-16)5-3-1-2-4-6-10/h8H,1-6H2,(H,17,18). The fourth-order valence-electron chi connectivity index (χ4n) is 2.00. The first-order valence-electron chi connectivity index (χ1n) is 5.74. The summed E-state index contributed by atoms with van der Waals surface area (Å²) in [4.78, 5) is 11.2. The molecule has 18 heavy (non-hydrogen) atoms. The molecular weight excluding hydrogens is 252 g/mol. The van der Waals surface area contributed by atoms with Crippen LogP contribution in [-0.2, 0) is 4.79 Å². The van der Waals surface area contributed by atoms with Gasteiger partial charge in [-0.2, -0.15) is 14.0 Å². The SMILES string of the molecule is N#CC1(NC(=O)C(F)(F)C(F)F)CCCCCC1. The number of nitrogens with zero attached hydrogens (tertiary/aromatic N) is 1. The minimum atomic E-state index is -4.75. The molecule has 0 atom stereocenters. The van der Waals surface area contributed by atoms with Gasteiger partial charge in [0.15, 0.2) is 0 Å². The second kappa shape index (κ2) is 5.55. The largest absolute Gasteiger partial charge is 0.383 e. The van der Waals surface area contributed by atoms with Crippen LogP contribution in [0.4, 0.5) is 17.6 Å². The van der Waals surface area contributed by atoms with Gasteiger partial charge in [0.05, 0.1) is 6.07 Å². The minimum absolute atomic E-state index is 0.217. The van der Waals surface area contributed by atoms with E-state index in [0.29, 0.717) is 12.8 Å². The predicted molar refractivity (Wildman–Crippen MR) is 55.1 cm³/mol. The Balaban J connectivity index is 2.80. The number of hydrogen-bond donors (Lipinski definition) is 1. The number of carbonyl (C=O) groups excluding carboxylic acids is 1. The lowest BCUT2D eigenvalue weighted by Gasteiger charge is -2.28. The van der Waals surface area contributed by atoms with Crippen molar-refractivity contribution in [1.82, 2.24) is 5.32 Å². The highest BCUT2D eigenvalue weighted by Gasteiger charge is 2.51. The van der Waals surface area contributed by atoms with E-state index in [2.05, 4.69) is 0 Å². The van der Waals surface area contributed by atoms with E-state index in [-0.39, 0.29) is 12.8 Å². The van der Waals surface area contributed by atoms with Crippen LogP contribution in [-0.4, -0.2) is 23.8 Å². The molecule has 0 aromatic rings. The van der Waals surface area contributed by atoms with E-state index in [0.717, 1.165) is 12.8 Å². The lowest BCUT2D eigenvalue weighted by Crippen LogP contribution is -2.55. The molecule has 7 heteroatoms. The minimum Gasteiger partial charge on any atom is -0.332 e. The number of rotatable bonds is 3. The van der Waals surface area contributed by atoms with Gasteiger partial charge in [-0.05, 0) is 12.8 Å². The summed E-state index contributed by atoms with van der Waals surface area (Å²) >= 11 is 0. The molecule has 1 aliphatic carbocycles. The maximum absolute atomic E-state index is 12.8. The van der Waals surface area contributed by atoms with Gasteiger partial charge in [0.2, 0.25) is 0 Å². The van der Waals surface area contributed by atoms with E-state index < -0.39 is 23.8 Å². The third-order valence-corrected chi connectivity index (χ3v) is 3.10. The Labute approximate surface area is 102 Å². The van der Waals surface area contributed by atoms with E-state index in [9.17, 15) is 22.4 Å². The zero-order valence-electron chi connectivity index (χ0n) is 9.69. The van der Waals surface area contributed by atoms with Crippen LogP contribution in [0, 0.1) is 11.3 Å². The van der Waals surface area contributed by atoms with Gasteiger partial charge in [-0.3, -0.25) is 4.79 Å². The Morgan fingerprint density at radius 3 is 2.11 bits per heavy atom. The topological polar surface area (TPSA) is 52.9 Å².